The van der Waals surface area contributed by atoms with Crippen molar-refractivity contribution in [3.05, 3.63) is 106 Å². The summed E-state index contributed by atoms with van der Waals surface area (Å²) in [6.45, 7) is -0.122. The van der Waals surface area contributed by atoms with Crippen LogP contribution in [0.25, 0.3) is 44.2 Å². The van der Waals surface area contributed by atoms with Gasteiger partial charge in [0, 0.05) is 16.0 Å². The molecular weight excluding hydrogens is 488 g/mol. The third-order valence-corrected chi connectivity index (χ3v) is 6.21. The Morgan fingerprint density at radius 3 is 2.68 bits per heavy atom. The Labute approximate surface area is 215 Å². The van der Waals surface area contributed by atoms with Crippen LogP contribution in [-0.2, 0) is 0 Å². The van der Waals surface area contributed by atoms with Crippen LogP contribution in [0.3, 0.4) is 0 Å². The maximum atomic E-state index is 13.6. The first-order valence-corrected chi connectivity index (χ1v) is 11.8. The van der Waals surface area contributed by atoms with Gasteiger partial charge in [-0.15, -0.1) is 0 Å². The van der Waals surface area contributed by atoms with Gasteiger partial charge in [-0.2, -0.15) is 15.0 Å². The lowest BCUT2D eigenvalue weighted by atomic mass is 10.0. The molecule has 0 spiro atoms. The molecule has 0 saturated carbocycles. The predicted octanol–water partition coefficient (Wildman–Crippen LogP) is 6.40. The molecule has 0 atom stereocenters. The normalized spacial score (nSPS) is 11.5. The maximum Gasteiger partial charge on any atom is 0.282 e. The Balaban J connectivity index is 1.59. The highest BCUT2D eigenvalue weighted by Gasteiger charge is 2.17. The monoisotopic (exact) mass is 504 g/mol. The minimum absolute atomic E-state index is 0.122. The second-order valence-electron chi connectivity index (χ2n) is 8.25. The lowest BCUT2D eigenvalue weighted by Gasteiger charge is -2.10. The summed E-state index contributed by atoms with van der Waals surface area (Å²) in [4.78, 5) is 18.3. The second kappa shape index (κ2) is 9.26. The van der Waals surface area contributed by atoms with Gasteiger partial charge in [0.2, 0.25) is 5.82 Å². The molecule has 4 aromatic carbocycles. The van der Waals surface area contributed by atoms with Gasteiger partial charge in [0.05, 0.1) is 17.1 Å². The zero-order chi connectivity index (χ0) is 25.4. The van der Waals surface area contributed by atoms with E-state index >= 15 is 0 Å². The van der Waals surface area contributed by atoms with Crippen molar-refractivity contribution in [3.63, 3.8) is 0 Å². The van der Waals surface area contributed by atoms with Gasteiger partial charge in [-0.05, 0) is 53.2 Å². The van der Waals surface area contributed by atoms with Crippen LogP contribution in [0.4, 0.5) is 0 Å². The summed E-state index contributed by atoms with van der Waals surface area (Å²) in [5.74, 6) is 1.09. The van der Waals surface area contributed by atoms with Crippen LogP contribution in [0, 0.1) is 11.3 Å². The number of hydrogen-bond acceptors (Lipinski definition) is 6. The van der Waals surface area contributed by atoms with Gasteiger partial charge < -0.3 is 9.15 Å². The number of hydrogen-bond donors (Lipinski definition) is 0. The molecule has 2 aromatic heterocycles. The molecule has 7 nitrogen and oxygen atoms in total. The first-order valence-electron chi connectivity index (χ1n) is 11.4. The third kappa shape index (κ3) is 4.10. The highest BCUT2D eigenvalue weighted by molar-refractivity contribution is 6.31. The molecular formula is C29H17ClN4O3. The number of rotatable bonds is 5. The number of benzene rings is 4. The molecule has 0 amide bonds. The van der Waals surface area contributed by atoms with E-state index in [1.54, 1.807) is 54.7 Å². The lowest BCUT2D eigenvalue weighted by molar-refractivity contribution is 0.368. The van der Waals surface area contributed by atoms with Crippen LogP contribution in [0.1, 0.15) is 5.56 Å². The van der Waals surface area contributed by atoms with Crippen molar-refractivity contribution in [1.82, 2.24) is 9.66 Å². The molecule has 0 aliphatic rings. The van der Waals surface area contributed by atoms with E-state index in [2.05, 4.69) is 5.10 Å². The van der Waals surface area contributed by atoms with E-state index in [-0.39, 0.29) is 18.0 Å². The van der Waals surface area contributed by atoms with Crippen molar-refractivity contribution in [2.24, 2.45) is 5.10 Å². The number of nitriles is 1. The van der Waals surface area contributed by atoms with Crippen molar-refractivity contribution in [2.45, 2.75) is 0 Å². The average Bonchev–Trinajstić information content (AvgIpc) is 3.34. The molecule has 0 aliphatic heterocycles. The van der Waals surface area contributed by atoms with E-state index in [1.807, 2.05) is 42.5 Å². The number of fused-ring (bicyclic) bond motifs is 3. The largest absolute Gasteiger partial charge is 0.478 e. The van der Waals surface area contributed by atoms with Gasteiger partial charge in [-0.25, -0.2) is 4.98 Å². The molecule has 0 fully saturated rings. The van der Waals surface area contributed by atoms with E-state index < -0.39 is 0 Å². The fourth-order valence-electron chi connectivity index (χ4n) is 4.27. The van der Waals surface area contributed by atoms with Crippen LogP contribution in [0.2, 0.25) is 5.02 Å². The highest BCUT2D eigenvalue weighted by atomic mass is 35.5. The smallest absolute Gasteiger partial charge is 0.282 e. The summed E-state index contributed by atoms with van der Waals surface area (Å²) in [6.07, 6.45) is 1.55. The Bertz CT molecular complexity index is 1950. The summed E-state index contributed by atoms with van der Waals surface area (Å²) in [6, 6.07) is 27.6. The zero-order valence-corrected chi connectivity index (χ0v) is 20.0. The molecule has 0 bridgehead atoms. The molecule has 2 heterocycles. The first kappa shape index (κ1) is 22.5. The number of nitrogens with zero attached hydrogens (tertiary/aromatic N) is 4. The van der Waals surface area contributed by atoms with Crippen molar-refractivity contribution >= 4 is 50.5 Å². The second-order valence-corrected chi connectivity index (χ2v) is 8.69. The maximum absolute atomic E-state index is 13.6. The van der Waals surface area contributed by atoms with Gasteiger partial charge in [0.15, 0.2) is 12.4 Å². The molecule has 0 radical (unpaired) electrons. The third-order valence-electron chi connectivity index (χ3n) is 5.98. The van der Waals surface area contributed by atoms with Crippen molar-refractivity contribution in [3.8, 4) is 23.4 Å². The lowest BCUT2D eigenvalue weighted by Crippen LogP contribution is -2.20. The molecule has 178 valence electrons. The van der Waals surface area contributed by atoms with Gasteiger partial charge in [-0.3, -0.25) is 4.79 Å². The minimum atomic E-state index is -0.352. The van der Waals surface area contributed by atoms with Gasteiger partial charge in [0.25, 0.3) is 5.56 Å². The molecule has 37 heavy (non-hydrogen) atoms. The summed E-state index contributed by atoms with van der Waals surface area (Å²) in [7, 11) is 0. The topological polar surface area (TPSA) is 93.4 Å². The van der Waals surface area contributed by atoms with Crippen LogP contribution in [-0.4, -0.2) is 22.5 Å². The van der Waals surface area contributed by atoms with Gasteiger partial charge in [0.1, 0.15) is 17.4 Å². The van der Waals surface area contributed by atoms with Crippen molar-refractivity contribution in [2.75, 3.05) is 6.61 Å². The van der Waals surface area contributed by atoms with Crippen molar-refractivity contribution in [1.29, 1.82) is 5.26 Å². The average molecular weight is 505 g/mol. The fraction of sp³-hybridized carbons (Fsp3) is 0.0345. The highest BCUT2D eigenvalue weighted by Crippen LogP contribution is 2.30. The Kier molecular flexibility index (Phi) is 5.64. The zero-order valence-electron chi connectivity index (χ0n) is 19.3. The summed E-state index contributed by atoms with van der Waals surface area (Å²) < 4.78 is 12.9. The molecule has 0 aliphatic carbocycles. The Hall–Kier alpha value is -4.93. The molecule has 0 saturated heterocycles. The quantitative estimate of drug-likeness (QED) is 0.253. The van der Waals surface area contributed by atoms with E-state index in [0.29, 0.717) is 38.6 Å². The van der Waals surface area contributed by atoms with Crippen LogP contribution < -0.4 is 10.3 Å². The fourth-order valence-corrected chi connectivity index (χ4v) is 4.46. The predicted molar refractivity (Wildman–Crippen MR) is 144 cm³/mol. The first-order chi connectivity index (χ1) is 18.1. The Morgan fingerprint density at radius 1 is 1.00 bits per heavy atom. The Morgan fingerprint density at radius 2 is 1.81 bits per heavy atom. The number of furan rings is 1. The number of para-hydroxylation sites is 1. The molecule has 0 unspecified atom stereocenters. The van der Waals surface area contributed by atoms with Gasteiger partial charge in [-0.1, -0.05) is 54.1 Å². The van der Waals surface area contributed by atoms with E-state index in [9.17, 15) is 4.79 Å². The minimum Gasteiger partial charge on any atom is -0.478 e. The molecule has 0 N–H and O–H groups in total. The van der Waals surface area contributed by atoms with Crippen LogP contribution in [0.5, 0.6) is 5.75 Å². The standard InChI is InChI=1S/C29H17ClN4O3/c30-20-10-12-25-19(15-20)16-27(37-25)28-33-24-8-4-3-7-22(24)29(35)34(28)32-17-23-21-6-2-1-5-18(21)9-11-26(23)36-14-13-31/h1-12,15-17H,14H2. The molecule has 8 heteroatoms. The van der Waals surface area contributed by atoms with E-state index in [0.717, 1.165) is 16.2 Å². The van der Waals surface area contributed by atoms with E-state index in [4.69, 9.17) is 31.0 Å². The van der Waals surface area contributed by atoms with Gasteiger partial charge >= 0.3 is 0 Å². The molecule has 6 aromatic rings. The van der Waals surface area contributed by atoms with Crippen LogP contribution in [0.15, 0.2) is 99.2 Å². The summed E-state index contributed by atoms with van der Waals surface area (Å²) in [5.41, 5.74) is 1.42. The summed E-state index contributed by atoms with van der Waals surface area (Å²) in [5, 5.41) is 17.2. The molecule has 6 rings (SSSR count). The SMILES string of the molecule is N#CCOc1ccc2ccccc2c1C=Nn1c(-c2cc3cc(Cl)ccc3o2)nc2ccccc2c1=O. The summed E-state index contributed by atoms with van der Waals surface area (Å²) >= 11 is 6.16. The van der Waals surface area contributed by atoms with Crippen molar-refractivity contribution < 1.29 is 9.15 Å². The number of ether oxygens (including phenoxy) is 1. The number of halogens is 1. The number of aromatic nitrogens is 2. The van der Waals surface area contributed by atoms with Crippen LogP contribution >= 0.6 is 11.6 Å². The van der Waals surface area contributed by atoms with E-state index in [1.165, 1.54) is 4.68 Å².